The van der Waals surface area contributed by atoms with Crippen molar-refractivity contribution in [3.05, 3.63) is 35.9 Å². The normalized spacial score (nSPS) is 28.9. The number of carbonyl (C=O) groups excluding carboxylic acids is 1. The first-order valence-corrected chi connectivity index (χ1v) is 6.03. The van der Waals surface area contributed by atoms with Crippen LogP contribution in [0.5, 0.6) is 0 Å². The Morgan fingerprint density at radius 2 is 2.06 bits per heavy atom. The van der Waals surface area contributed by atoms with Crippen LogP contribution in [0, 0.1) is 0 Å². The lowest BCUT2D eigenvalue weighted by molar-refractivity contribution is -0.0905. The lowest BCUT2D eigenvalue weighted by Crippen LogP contribution is -2.52. The Bertz CT molecular complexity index is 388. The van der Waals surface area contributed by atoms with Crippen LogP contribution in [0.2, 0.25) is 0 Å². The number of hydrogen-bond acceptors (Lipinski definition) is 3. The van der Waals surface area contributed by atoms with Crippen LogP contribution >= 0.6 is 0 Å². The van der Waals surface area contributed by atoms with Crippen molar-refractivity contribution in [2.24, 2.45) is 0 Å². The lowest BCUT2D eigenvalue weighted by Gasteiger charge is -2.37. The van der Waals surface area contributed by atoms with Gasteiger partial charge in [-0.05, 0) is 19.3 Å². The molecular weight excluding hydrogens is 216 g/mol. The summed E-state index contributed by atoms with van der Waals surface area (Å²) in [6.45, 7) is 0. The molecule has 1 aromatic rings. The molecule has 3 nitrogen and oxygen atoms in total. The Kier molecular flexibility index (Phi) is 3.60. The minimum Gasteiger partial charge on any atom is -0.379 e. The molecule has 0 spiro atoms. The Morgan fingerprint density at radius 1 is 1.35 bits per heavy atom. The standard InChI is InChI=1S/C14H18O3/c1-17-12-9-5-6-10-14(12,16)13(15)11-7-3-2-4-8-11/h2-4,7-8,12,16H,5-6,9-10H2,1H3. The maximum atomic E-state index is 12.4. The molecule has 92 valence electrons. The molecule has 1 aliphatic rings. The van der Waals surface area contributed by atoms with E-state index in [1.165, 1.54) is 0 Å². The van der Waals surface area contributed by atoms with E-state index in [0.717, 1.165) is 19.3 Å². The Balaban J connectivity index is 2.27. The van der Waals surface area contributed by atoms with Crippen molar-refractivity contribution in [3.8, 4) is 0 Å². The number of carbonyl (C=O) groups is 1. The van der Waals surface area contributed by atoms with Crippen LogP contribution in [0.1, 0.15) is 36.0 Å². The smallest absolute Gasteiger partial charge is 0.197 e. The van der Waals surface area contributed by atoms with Gasteiger partial charge in [-0.1, -0.05) is 36.8 Å². The van der Waals surface area contributed by atoms with Gasteiger partial charge in [0.25, 0.3) is 0 Å². The van der Waals surface area contributed by atoms with Gasteiger partial charge in [0.05, 0.1) is 6.10 Å². The number of aliphatic hydroxyl groups is 1. The van der Waals surface area contributed by atoms with Crippen LogP contribution in [-0.2, 0) is 4.74 Å². The molecular formula is C14H18O3. The van der Waals surface area contributed by atoms with Gasteiger partial charge < -0.3 is 9.84 Å². The van der Waals surface area contributed by atoms with E-state index in [1.54, 1.807) is 31.4 Å². The predicted molar refractivity (Wildman–Crippen MR) is 65.0 cm³/mol. The van der Waals surface area contributed by atoms with Crippen LogP contribution in [0.4, 0.5) is 0 Å². The Labute approximate surface area is 101 Å². The van der Waals surface area contributed by atoms with Crippen molar-refractivity contribution in [3.63, 3.8) is 0 Å². The minimum absolute atomic E-state index is 0.218. The molecule has 17 heavy (non-hydrogen) atoms. The zero-order valence-corrected chi connectivity index (χ0v) is 10.1. The summed E-state index contributed by atoms with van der Waals surface area (Å²) in [6, 6.07) is 8.95. The second-order valence-corrected chi connectivity index (χ2v) is 4.59. The SMILES string of the molecule is COC1CCCCC1(O)C(=O)c1ccccc1. The maximum absolute atomic E-state index is 12.4. The van der Waals surface area contributed by atoms with E-state index in [4.69, 9.17) is 4.74 Å². The topological polar surface area (TPSA) is 46.5 Å². The van der Waals surface area contributed by atoms with Crippen molar-refractivity contribution in [1.29, 1.82) is 0 Å². The highest BCUT2D eigenvalue weighted by molar-refractivity contribution is 6.02. The average Bonchev–Trinajstić information content (AvgIpc) is 2.39. The van der Waals surface area contributed by atoms with Gasteiger partial charge in [-0.2, -0.15) is 0 Å². The summed E-state index contributed by atoms with van der Waals surface area (Å²) in [7, 11) is 1.55. The van der Waals surface area contributed by atoms with Gasteiger partial charge in [0.2, 0.25) is 0 Å². The molecule has 0 amide bonds. The van der Waals surface area contributed by atoms with E-state index < -0.39 is 5.60 Å². The van der Waals surface area contributed by atoms with E-state index in [0.29, 0.717) is 12.0 Å². The number of benzene rings is 1. The number of ketones is 1. The first kappa shape index (κ1) is 12.3. The fourth-order valence-corrected chi connectivity index (χ4v) is 2.54. The number of rotatable bonds is 3. The van der Waals surface area contributed by atoms with Crippen LogP contribution in [0.3, 0.4) is 0 Å². The van der Waals surface area contributed by atoms with E-state index in [1.807, 2.05) is 6.07 Å². The second kappa shape index (κ2) is 4.98. The van der Waals surface area contributed by atoms with Gasteiger partial charge in [0.15, 0.2) is 11.4 Å². The Morgan fingerprint density at radius 3 is 2.71 bits per heavy atom. The molecule has 0 aromatic heterocycles. The first-order chi connectivity index (χ1) is 8.18. The molecule has 1 fully saturated rings. The number of hydrogen-bond donors (Lipinski definition) is 1. The molecule has 0 aliphatic heterocycles. The molecule has 0 saturated heterocycles. The van der Waals surface area contributed by atoms with Gasteiger partial charge in [0, 0.05) is 12.7 Å². The molecule has 3 heteroatoms. The van der Waals surface area contributed by atoms with Crippen LogP contribution in [-0.4, -0.2) is 29.7 Å². The largest absolute Gasteiger partial charge is 0.379 e. The third kappa shape index (κ3) is 2.26. The molecule has 2 rings (SSSR count). The second-order valence-electron chi connectivity index (χ2n) is 4.59. The van der Waals surface area contributed by atoms with E-state index in [-0.39, 0.29) is 11.9 Å². The summed E-state index contributed by atoms with van der Waals surface area (Å²) in [4.78, 5) is 12.4. The van der Waals surface area contributed by atoms with Gasteiger partial charge in [-0.3, -0.25) is 4.79 Å². The molecule has 0 heterocycles. The molecule has 1 aliphatic carbocycles. The number of ether oxygens (including phenoxy) is 1. The zero-order chi connectivity index (χ0) is 12.3. The van der Waals surface area contributed by atoms with Crippen molar-refractivity contribution >= 4 is 5.78 Å². The number of Topliss-reactive ketones (excluding diaryl/α,β-unsaturated/α-hetero) is 1. The van der Waals surface area contributed by atoms with Gasteiger partial charge in [-0.15, -0.1) is 0 Å². The molecule has 1 saturated carbocycles. The van der Waals surface area contributed by atoms with Gasteiger partial charge >= 0.3 is 0 Å². The fourth-order valence-electron chi connectivity index (χ4n) is 2.54. The predicted octanol–water partition coefficient (Wildman–Crippen LogP) is 2.19. The van der Waals surface area contributed by atoms with Crippen molar-refractivity contribution in [2.45, 2.75) is 37.4 Å². The monoisotopic (exact) mass is 234 g/mol. The highest BCUT2D eigenvalue weighted by Gasteiger charge is 2.45. The summed E-state index contributed by atoms with van der Waals surface area (Å²) in [5, 5.41) is 10.6. The first-order valence-electron chi connectivity index (χ1n) is 6.03. The molecule has 1 N–H and O–H groups in total. The molecule has 2 atom stereocenters. The minimum atomic E-state index is -1.35. The van der Waals surface area contributed by atoms with Crippen LogP contribution < -0.4 is 0 Å². The lowest BCUT2D eigenvalue weighted by atomic mass is 9.77. The zero-order valence-electron chi connectivity index (χ0n) is 10.1. The fraction of sp³-hybridized carbons (Fsp3) is 0.500. The average molecular weight is 234 g/mol. The molecule has 2 unspecified atom stereocenters. The third-order valence-electron chi connectivity index (χ3n) is 3.52. The van der Waals surface area contributed by atoms with Crippen molar-refractivity contribution < 1.29 is 14.6 Å². The molecule has 1 aromatic carbocycles. The highest BCUT2D eigenvalue weighted by atomic mass is 16.5. The van der Waals surface area contributed by atoms with Crippen LogP contribution in [0.15, 0.2) is 30.3 Å². The van der Waals surface area contributed by atoms with E-state index in [9.17, 15) is 9.90 Å². The molecule has 0 radical (unpaired) electrons. The Hall–Kier alpha value is -1.19. The van der Waals surface area contributed by atoms with Crippen LogP contribution in [0.25, 0.3) is 0 Å². The van der Waals surface area contributed by atoms with Crippen molar-refractivity contribution in [2.75, 3.05) is 7.11 Å². The summed E-state index contributed by atoms with van der Waals surface area (Å²) < 4.78 is 5.28. The highest BCUT2D eigenvalue weighted by Crippen LogP contribution is 2.33. The van der Waals surface area contributed by atoms with Gasteiger partial charge in [-0.25, -0.2) is 0 Å². The summed E-state index contributed by atoms with van der Waals surface area (Å²) in [5.74, 6) is -0.218. The van der Waals surface area contributed by atoms with E-state index in [2.05, 4.69) is 0 Å². The van der Waals surface area contributed by atoms with E-state index >= 15 is 0 Å². The third-order valence-corrected chi connectivity index (χ3v) is 3.52. The summed E-state index contributed by atoms with van der Waals surface area (Å²) in [5.41, 5.74) is -0.798. The molecule has 0 bridgehead atoms. The summed E-state index contributed by atoms with van der Waals surface area (Å²) in [6.07, 6.45) is 2.71. The quantitative estimate of drug-likeness (QED) is 0.815. The van der Waals surface area contributed by atoms with Gasteiger partial charge in [0.1, 0.15) is 0 Å². The number of methoxy groups -OCH3 is 1. The maximum Gasteiger partial charge on any atom is 0.197 e. The summed E-state index contributed by atoms with van der Waals surface area (Å²) >= 11 is 0. The van der Waals surface area contributed by atoms with Crippen molar-refractivity contribution in [1.82, 2.24) is 0 Å².